The Bertz CT molecular complexity index is 327. The van der Waals surface area contributed by atoms with Gasteiger partial charge in [0.2, 0.25) is 10.0 Å². The summed E-state index contributed by atoms with van der Waals surface area (Å²) in [7, 11) is -3.62. The number of rotatable bonds is 4. The molecule has 0 amide bonds. The Kier molecular flexibility index (Phi) is 4.30. The predicted molar refractivity (Wildman–Crippen MR) is 58.1 cm³/mol. The maximum atomic E-state index is 11.7. The highest BCUT2D eigenvalue weighted by atomic mass is 32.2. The molecule has 90 valence electrons. The van der Waals surface area contributed by atoms with E-state index < -0.39 is 26.8 Å². The summed E-state index contributed by atoms with van der Waals surface area (Å²) in [4.78, 5) is 10.8. The van der Waals surface area contributed by atoms with Crippen LogP contribution in [0.4, 0.5) is 0 Å². The molecular formula is C9H19NO4S. The molecule has 0 fully saturated rings. The molecule has 0 aromatic rings. The standard InChI is InChI=1S/C9H19NO4S/c1-6(2)7(8(11)12)10-15(13,14)9(3,4)5/h6-7,10H,1-5H3,(H,11,12)/t7-/m0/s1. The monoisotopic (exact) mass is 237 g/mol. The minimum absolute atomic E-state index is 0.292. The highest BCUT2D eigenvalue weighted by Crippen LogP contribution is 2.15. The van der Waals surface area contributed by atoms with Gasteiger partial charge in [0.1, 0.15) is 6.04 Å². The van der Waals surface area contributed by atoms with Gasteiger partial charge in [0.15, 0.2) is 0 Å². The normalized spacial score (nSPS) is 15.3. The number of aliphatic carboxylic acids is 1. The Labute approximate surface area is 90.9 Å². The molecule has 6 heteroatoms. The highest BCUT2D eigenvalue weighted by molar-refractivity contribution is 7.90. The summed E-state index contributed by atoms with van der Waals surface area (Å²) in [5, 5.41) is 8.85. The van der Waals surface area contributed by atoms with Crippen molar-refractivity contribution >= 4 is 16.0 Å². The molecule has 2 N–H and O–H groups in total. The van der Waals surface area contributed by atoms with Gasteiger partial charge < -0.3 is 5.11 Å². The average Bonchev–Trinajstić information content (AvgIpc) is 1.96. The van der Waals surface area contributed by atoms with E-state index >= 15 is 0 Å². The summed E-state index contributed by atoms with van der Waals surface area (Å²) in [5.41, 5.74) is 0. The van der Waals surface area contributed by atoms with Crippen LogP contribution in [0.3, 0.4) is 0 Å². The summed E-state index contributed by atoms with van der Waals surface area (Å²) in [6, 6.07) is -1.07. The first-order valence-corrected chi connectivity index (χ1v) is 6.22. The number of nitrogens with one attached hydrogen (secondary N) is 1. The topological polar surface area (TPSA) is 83.5 Å². The summed E-state index contributed by atoms with van der Waals surface area (Å²) in [6.07, 6.45) is 0. The summed E-state index contributed by atoms with van der Waals surface area (Å²) >= 11 is 0. The van der Waals surface area contributed by atoms with Crippen LogP contribution in [-0.2, 0) is 14.8 Å². The molecule has 0 aliphatic rings. The molecule has 0 rings (SSSR count). The van der Waals surface area contributed by atoms with Crippen molar-refractivity contribution in [2.75, 3.05) is 0 Å². The van der Waals surface area contributed by atoms with Gasteiger partial charge >= 0.3 is 5.97 Å². The van der Waals surface area contributed by atoms with E-state index in [1.165, 1.54) is 20.8 Å². The molecule has 1 atom stereocenters. The van der Waals surface area contributed by atoms with Crippen LogP contribution in [0, 0.1) is 5.92 Å². The minimum atomic E-state index is -3.62. The van der Waals surface area contributed by atoms with E-state index in [1.54, 1.807) is 13.8 Å². The van der Waals surface area contributed by atoms with Gasteiger partial charge in [0, 0.05) is 0 Å². The molecule has 0 heterocycles. The van der Waals surface area contributed by atoms with Crippen molar-refractivity contribution in [2.45, 2.75) is 45.4 Å². The number of carboxylic acid groups (broad SMARTS) is 1. The first kappa shape index (κ1) is 14.4. The van der Waals surface area contributed by atoms with Crippen LogP contribution in [0.1, 0.15) is 34.6 Å². The molecule has 0 radical (unpaired) electrons. The quantitative estimate of drug-likeness (QED) is 0.758. The smallest absolute Gasteiger partial charge is 0.321 e. The van der Waals surface area contributed by atoms with Crippen LogP contribution in [-0.4, -0.2) is 30.3 Å². The highest BCUT2D eigenvalue weighted by Gasteiger charge is 2.34. The predicted octanol–water partition coefficient (Wildman–Crippen LogP) is 0.813. The average molecular weight is 237 g/mol. The second kappa shape index (κ2) is 4.49. The third kappa shape index (κ3) is 3.79. The Morgan fingerprint density at radius 3 is 1.87 bits per heavy atom. The van der Waals surface area contributed by atoms with Crippen LogP contribution in [0.15, 0.2) is 0 Å². The maximum Gasteiger partial charge on any atom is 0.321 e. The van der Waals surface area contributed by atoms with Crippen LogP contribution in [0.5, 0.6) is 0 Å². The van der Waals surface area contributed by atoms with E-state index in [-0.39, 0.29) is 5.92 Å². The second-order valence-electron chi connectivity index (χ2n) is 4.79. The number of carboxylic acids is 1. The van der Waals surface area contributed by atoms with Crippen molar-refractivity contribution in [3.63, 3.8) is 0 Å². The summed E-state index contributed by atoms with van der Waals surface area (Å²) < 4.78 is 24.6. The Hall–Kier alpha value is -0.620. The largest absolute Gasteiger partial charge is 0.480 e. The van der Waals surface area contributed by atoms with Crippen LogP contribution in [0.25, 0.3) is 0 Å². The molecule has 0 saturated heterocycles. The molecular weight excluding hydrogens is 218 g/mol. The van der Waals surface area contributed by atoms with Crippen molar-refractivity contribution in [3.8, 4) is 0 Å². The molecule has 0 saturated carbocycles. The Balaban J connectivity index is 4.93. The lowest BCUT2D eigenvalue weighted by atomic mass is 10.1. The zero-order valence-corrected chi connectivity index (χ0v) is 10.6. The summed E-state index contributed by atoms with van der Waals surface area (Å²) in [6.45, 7) is 7.88. The molecule has 0 aliphatic heterocycles. The molecule has 15 heavy (non-hydrogen) atoms. The number of hydrogen-bond acceptors (Lipinski definition) is 3. The van der Waals surface area contributed by atoms with Crippen molar-refractivity contribution in [3.05, 3.63) is 0 Å². The van der Waals surface area contributed by atoms with Gasteiger partial charge in [-0.05, 0) is 26.7 Å². The Morgan fingerprint density at radius 2 is 1.67 bits per heavy atom. The van der Waals surface area contributed by atoms with E-state index in [4.69, 9.17) is 5.11 Å². The molecule has 0 aliphatic carbocycles. The zero-order chi connectivity index (χ0) is 12.4. The first-order valence-electron chi connectivity index (χ1n) is 4.73. The van der Waals surface area contributed by atoms with Crippen molar-refractivity contribution < 1.29 is 18.3 Å². The van der Waals surface area contributed by atoms with E-state index in [9.17, 15) is 13.2 Å². The molecule has 0 aromatic heterocycles. The maximum absolute atomic E-state index is 11.7. The fourth-order valence-corrected chi connectivity index (χ4v) is 1.88. The third-order valence-corrected chi connectivity index (χ3v) is 4.20. The molecule has 5 nitrogen and oxygen atoms in total. The first-order chi connectivity index (χ1) is 6.49. The molecule has 0 spiro atoms. The molecule has 0 unspecified atom stereocenters. The fraction of sp³-hybridized carbons (Fsp3) is 0.889. The van der Waals surface area contributed by atoms with E-state index in [2.05, 4.69) is 4.72 Å². The number of hydrogen-bond donors (Lipinski definition) is 2. The van der Waals surface area contributed by atoms with Crippen LogP contribution < -0.4 is 4.72 Å². The minimum Gasteiger partial charge on any atom is -0.480 e. The van der Waals surface area contributed by atoms with Gasteiger partial charge in [0.05, 0.1) is 4.75 Å². The lowest BCUT2D eigenvalue weighted by molar-refractivity contribution is -0.140. The van der Waals surface area contributed by atoms with Gasteiger partial charge in [-0.3, -0.25) is 4.79 Å². The number of carbonyl (C=O) groups is 1. The van der Waals surface area contributed by atoms with Crippen molar-refractivity contribution in [2.24, 2.45) is 5.92 Å². The molecule has 0 bridgehead atoms. The van der Waals surface area contributed by atoms with Crippen molar-refractivity contribution in [1.82, 2.24) is 4.72 Å². The Morgan fingerprint density at radius 1 is 1.27 bits per heavy atom. The number of sulfonamides is 1. The van der Waals surface area contributed by atoms with Crippen LogP contribution in [0.2, 0.25) is 0 Å². The van der Waals surface area contributed by atoms with Gasteiger partial charge in [-0.1, -0.05) is 13.8 Å². The summed E-state index contributed by atoms with van der Waals surface area (Å²) in [5.74, 6) is -1.45. The fourth-order valence-electron chi connectivity index (χ4n) is 0.816. The van der Waals surface area contributed by atoms with E-state index in [0.29, 0.717) is 0 Å². The second-order valence-corrected chi connectivity index (χ2v) is 7.26. The van der Waals surface area contributed by atoms with Gasteiger partial charge in [-0.15, -0.1) is 0 Å². The third-order valence-electron chi connectivity index (χ3n) is 2.02. The van der Waals surface area contributed by atoms with E-state index in [1.807, 2.05) is 0 Å². The SMILES string of the molecule is CC(C)[C@H](NS(=O)(=O)C(C)(C)C)C(=O)O. The van der Waals surface area contributed by atoms with Gasteiger partial charge in [-0.2, -0.15) is 0 Å². The van der Waals surface area contributed by atoms with Gasteiger partial charge in [0.25, 0.3) is 0 Å². The van der Waals surface area contributed by atoms with Crippen molar-refractivity contribution in [1.29, 1.82) is 0 Å². The zero-order valence-electron chi connectivity index (χ0n) is 9.73. The van der Waals surface area contributed by atoms with E-state index in [0.717, 1.165) is 0 Å². The molecule has 0 aromatic carbocycles. The van der Waals surface area contributed by atoms with Gasteiger partial charge in [-0.25, -0.2) is 13.1 Å². The lowest BCUT2D eigenvalue weighted by Crippen LogP contribution is -2.50. The van der Waals surface area contributed by atoms with Crippen LogP contribution >= 0.6 is 0 Å². The lowest BCUT2D eigenvalue weighted by Gasteiger charge is -2.24.